The molecule has 1 amide bonds. The molecule has 4 rings (SSSR count). The Morgan fingerprint density at radius 2 is 2.00 bits per heavy atom. The Kier molecular flexibility index (Phi) is 8.01. The molecule has 11 nitrogen and oxygen atoms in total. The zero-order chi connectivity index (χ0) is 24.9. The van der Waals surface area contributed by atoms with Crippen LogP contribution in [-0.4, -0.2) is 94.6 Å². The third-order valence-electron chi connectivity index (χ3n) is 6.52. The van der Waals surface area contributed by atoms with Crippen molar-refractivity contribution in [1.29, 1.82) is 0 Å². The van der Waals surface area contributed by atoms with Crippen molar-refractivity contribution in [2.24, 2.45) is 0 Å². The lowest BCUT2D eigenvalue weighted by atomic mass is 10.0. The second-order valence-electron chi connectivity index (χ2n) is 9.25. The first-order chi connectivity index (χ1) is 16.8. The minimum Gasteiger partial charge on any atom is -0.477 e. The number of amides is 1. The van der Waals surface area contributed by atoms with Crippen LogP contribution >= 0.6 is 11.3 Å². The molecule has 3 N–H and O–H groups in total. The fourth-order valence-corrected chi connectivity index (χ4v) is 5.32. The van der Waals surface area contributed by atoms with E-state index >= 15 is 0 Å². The fraction of sp³-hybridized carbons (Fsp3) is 0.609. The van der Waals surface area contributed by atoms with Crippen LogP contribution in [0.25, 0.3) is 0 Å². The summed E-state index contributed by atoms with van der Waals surface area (Å²) in [6.07, 6.45) is 4.54. The molecular formula is C23H34N8O3S. The van der Waals surface area contributed by atoms with Crippen molar-refractivity contribution in [2.75, 3.05) is 62.4 Å². The number of rotatable bonds is 10. The molecule has 2 fully saturated rings. The zero-order valence-electron chi connectivity index (χ0n) is 20.6. The minimum absolute atomic E-state index is 0.198. The second-order valence-corrected chi connectivity index (χ2v) is 10.2. The average Bonchev–Trinajstić information content (AvgIpc) is 3.41. The molecule has 35 heavy (non-hydrogen) atoms. The zero-order valence-corrected chi connectivity index (χ0v) is 21.4. The Hall–Kier alpha value is -2.99. The van der Waals surface area contributed by atoms with E-state index in [1.807, 2.05) is 11.0 Å². The van der Waals surface area contributed by atoms with E-state index in [4.69, 9.17) is 4.98 Å². The molecule has 190 valence electrons. The summed E-state index contributed by atoms with van der Waals surface area (Å²) in [4.78, 5) is 43.5. The van der Waals surface area contributed by atoms with Crippen LogP contribution < -0.4 is 15.5 Å². The summed E-state index contributed by atoms with van der Waals surface area (Å²) in [7, 11) is 4.23. The Morgan fingerprint density at radius 3 is 2.63 bits per heavy atom. The number of nitrogens with zero attached hydrogens (tertiary/aromatic N) is 6. The van der Waals surface area contributed by atoms with Gasteiger partial charge in [-0.2, -0.15) is 9.97 Å². The highest BCUT2D eigenvalue weighted by Crippen LogP contribution is 2.28. The van der Waals surface area contributed by atoms with Crippen molar-refractivity contribution in [2.45, 2.75) is 45.1 Å². The second kappa shape index (κ2) is 11.2. The van der Waals surface area contributed by atoms with Crippen LogP contribution in [0.5, 0.6) is 0 Å². The number of carboxylic acid groups (broad SMARTS) is 1. The van der Waals surface area contributed by atoms with Crippen LogP contribution in [0.3, 0.4) is 0 Å². The van der Waals surface area contributed by atoms with Gasteiger partial charge < -0.3 is 25.1 Å². The van der Waals surface area contributed by atoms with Gasteiger partial charge in [-0.15, -0.1) is 0 Å². The predicted octanol–water partition coefficient (Wildman–Crippen LogP) is 2.64. The molecule has 2 aliphatic rings. The van der Waals surface area contributed by atoms with Crippen LogP contribution in [0.2, 0.25) is 0 Å². The molecule has 12 heteroatoms. The SMILES string of the molecule is Cc1nc(Nc2nc(NCCCN3CCCC3=O)cc(N3CCC(N(C)C)CC3)n2)sc1C(=O)O. The highest BCUT2D eigenvalue weighted by atomic mass is 32.1. The number of carbonyl (C=O) groups is 2. The molecule has 2 aromatic heterocycles. The summed E-state index contributed by atoms with van der Waals surface area (Å²) < 4.78 is 0. The van der Waals surface area contributed by atoms with Gasteiger partial charge in [0, 0.05) is 51.3 Å². The minimum atomic E-state index is -0.995. The van der Waals surface area contributed by atoms with Gasteiger partial charge in [-0.05, 0) is 46.7 Å². The highest BCUT2D eigenvalue weighted by Gasteiger charge is 2.23. The normalized spacial score (nSPS) is 16.9. The number of hydrogen-bond donors (Lipinski definition) is 3. The average molecular weight is 503 g/mol. The number of carbonyl (C=O) groups excluding carboxylic acids is 1. The molecule has 2 saturated heterocycles. The fourth-order valence-electron chi connectivity index (χ4n) is 4.53. The van der Waals surface area contributed by atoms with Crippen molar-refractivity contribution in [3.63, 3.8) is 0 Å². The number of aromatic carboxylic acids is 1. The smallest absolute Gasteiger partial charge is 0.347 e. The third kappa shape index (κ3) is 6.37. The summed E-state index contributed by atoms with van der Waals surface area (Å²) in [5, 5.41) is 16.3. The number of nitrogens with one attached hydrogen (secondary N) is 2. The van der Waals surface area contributed by atoms with Gasteiger partial charge in [-0.25, -0.2) is 9.78 Å². The van der Waals surface area contributed by atoms with E-state index in [9.17, 15) is 14.7 Å². The van der Waals surface area contributed by atoms with E-state index in [1.54, 1.807) is 6.92 Å². The first-order valence-electron chi connectivity index (χ1n) is 12.1. The molecule has 0 atom stereocenters. The summed E-state index contributed by atoms with van der Waals surface area (Å²) in [5.74, 6) is 1.13. The Morgan fingerprint density at radius 1 is 1.23 bits per heavy atom. The predicted molar refractivity (Wildman–Crippen MR) is 137 cm³/mol. The topological polar surface area (TPSA) is 127 Å². The maximum Gasteiger partial charge on any atom is 0.347 e. The Bertz CT molecular complexity index is 1050. The van der Waals surface area contributed by atoms with E-state index in [1.165, 1.54) is 0 Å². The van der Waals surface area contributed by atoms with Gasteiger partial charge >= 0.3 is 5.97 Å². The van der Waals surface area contributed by atoms with Gasteiger partial charge in [0.25, 0.3) is 0 Å². The lowest BCUT2D eigenvalue weighted by Crippen LogP contribution is -2.42. The molecule has 0 aliphatic carbocycles. The number of thiazole rings is 1. The lowest BCUT2D eigenvalue weighted by Gasteiger charge is -2.36. The molecule has 4 heterocycles. The number of carboxylic acids is 1. The third-order valence-corrected chi connectivity index (χ3v) is 7.58. The molecule has 0 bridgehead atoms. The maximum atomic E-state index is 11.8. The van der Waals surface area contributed by atoms with Gasteiger partial charge in [-0.3, -0.25) is 10.1 Å². The van der Waals surface area contributed by atoms with E-state index in [-0.39, 0.29) is 10.8 Å². The standard InChI is InChI=1S/C23H34N8O3S/c1-15-20(21(33)34)35-23(25-15)28-22-26-17(24-9-5-11-31-10-4-6-19(31)32)14-18(27-22)30-12-7-16(8-13-30)29(2)3/h14,16H,4-13H2,1-3H3,(H,33,34)(H2,24,25,26,27,28). The number of piperidine rings is 1. The van der Waals surface area contributed by atoms with E-state index < -0.39 is 5.97 Å². The summed E-state index contributed by atoms with van der Waals surface area (Å²) in [6, 6.07) is 2.52. The summed E-state index contributed by atoms with van der Waals surface area (Å²) in [5.41, 5.74) is 0.460. The van der Waals surface area contributed by atoms with E-state index in [0.29, 0.717) is 41.6 Å². The summed E-state index contributed by atoms with van der Waals surface area (Å²) in [6.45, 7) is 5.74. The van der Waals surface area contributed by atoms with Crippen LogP contribution in [0, 0.1) is 6.92 Å². The number of aromatic nitrogens is 3. The lowest BCUT2D eigenvalue weighted by molar-refractivity contribution is -0.127. The Balaban J connectivity index is 1.47. The number of hydrogen-bond acceptors (Lipinski definition) is 10. The molecule has 0 unspecified atom stereocenters. The van der Waals surface area contributed by atoms with Gasteiger partial charge in [0.2, 0.25) is 11.9 Å². The number of likely N-dealkylation sites (tertiary alicyclic amines) is 1. The van der Waals surface area contributed by atoms with Crippen molar-refractivity contribution >= 4 is 45.9 Å². The van der Waals surface area contributed by atoms with Crippen molar-refractivity contribution in [3.05, 3.63) is 16.6 Å². The molecule has 0 radical (unpaired) electrons. The quantitative estimate of drug-likeness (QED) is 0.417. The maximum absolute atomic E-state index is 11.8. The molecule has 2 aromatic rings. The van der Waals surface area contributed by atoms with Gasteiger partial charge in [0.15, 0.2) is 5.13 Å². The monoisotopic (exact) mass is 502 g/mol. The van der Waals surface area contributed by atoms with Crippen LogP contribution in [0.4, 0.5) is 22.7 Å². The molecule has 0 saturated carbocycles. The van der Waals surface area contributed by atoms with Gasteiger partial charge in [0.05, 0.1) is 5.69 Å². The number of aryl methyl sites for hydroxylation is 1. The molecular weight excluding hydrogens is 468 g/mol. The van der Waals surface area contributed by atoms with Crippen LogP contribution in [0.1, 0.15) is 47.5 Å². The van der Waals surface area contributed by atoms with Crippen LogP contribution in [-0.2, 0) is 4.79 Å². The first-order valence-corrected chi connectivity index (χ1v) is 12.9. The molecule has 0 spiro atoms. The van der Waals surface area contributed by atoms with Crippen molar-refractivity contribution < 1.29 is 14.7 Å². The number of anilines is 4. The van der Waals surface area contributed by atoms with Crippen molar-refractivity contribution in [3.8, 4) is 0 Å². The van der Waals surface area contributed by atoms with Gasteiger partial charge in [0.1, 0.15) is 16.5 Å². The van der Waals surface area contributed by atoms with E-state index in [2.05, 4.69) is 44.5 Å². The highest BCUT2D eigenvalue weighted by molar-refractivity contribution is 7.17. The molecule has 0 aromatic carbocycles. The summed E-state index contributed by atoms with van der Waals surface area (Å²) >= 11 is 1.07. The van der Waals surface area contributed by atoms with Crippen molar-refractivity contribution in [1.82, 2.24) is 24.8 Å². The largest absolute Gasteiger partial charge is 0.477 e. The first kappa shape index (κ1) is 25.1. The molecule has 2 aliphatic heterocycles. The Labute approximate surface area is 209 Å². The van der Waals surface area contributed by atoms with Gasteiger partial charge in [-0.1, -0.05) is 11.3 Å². The van der Waals surface area contributed by atoms with E-state index in [0.717, 1.165) is 69.0 Å². The van der Waals surface area contributed by atoms with Crippen LogP contribution in [0.15, 0.2) is 6.07 Å².